The molecule has 1 aliphatic rings. The lowest BCUT2D eigenvalue weighted by atomic mass is 10.1. The summed E-state index contributed by atoms with van der Waals surface area (Å²) in [6.45, 7) is 5.73. The van der Waals surface area contributed by atoms with Crippen molar-refractivity contribution in [3.05, 3.63) is 96.1 Å². The van der Waals surface area contributed by atoms with Crippen molar-refractivity contribution in [1.82, 2.24) is 10.2 Å². The van der Waals surface area contributed by atoms with E-state index in [2.05, 4.69) is 15.5 Å². The van der Waals surface area contributed by atoms with Crippen LogP contribution >= 0.6 is 0 Å². The van der Waals surface area contributed by atoms with Gasteiger partial charge in [0, 0.05) is 32.7 Å². The molecule has 0 radical (unpaired) electrons. The molecule has 0 aromatic heterocycles. The van der Waals surface area contributed by atoms with Crippen molar-refractivity contribution in [2.75, 3.05) is 44.6 Å². The number of benzene rings is 4. The second-order valence-corrected chi connectivity index (χ2v) is 9.43. The number of fused-ring (bicyclic) bond motifs is 1. The molecule has 4 aromatic carbocycles. The first-order chi connectivity index (χ1) is 19.0. The summed E-state index contributed by atoms with van der Waals surface area (Å²) in [5, 5.41) is 17.5. The molecular formula is C31H31N3O5. The first kappa shape index (κ1) is 26.2. The molecule has 1 amide bonds. The Morgan fingerprint density at radius 1 is 0.846 bits per heavy atom. The number of carbonyl (C=O) groups excluding carboxylic acids is 1. The fraction of sp³-hybridized carbons (Fsp3) is 0.226. The molecule has 0 bridgehead atoms. The van der Waals surface area contributed by atoms with Gasteiger partial charge in [0.1, 0.15) is 23.9 Å². The van der Waals surface area contributed by atoms with Crippen molar-refractivity contribution in [2.24, 2.45) is 0 Å². The van der Waals surface area contributed by atoms with Crippen LogP contribution in [0.3, 0.4) is 0 Å². The Balaban J connectivity index is 1.17. The standard InChI is InChI=1S/C31H31N3O5/c35-30(33-29-4-2-1-3-28(29)31(36)37)19-22-5-9-25(10-6-22)39-27-12-8-23-7-11-26(20-24(23)21-27)38-18-17-34-15-13-32-14-16-34/h1-12,20-21,32H,13-19H2,(H,33,35)(H,36,37). The maximum Gasteiger partial charge on any atom is 0.337 e. The minimum absolute atomic E-state index is 0.0545. The number of aromatic carboxylic acids is 1. The summed E-state index contributed by atoms with van der Waals surface area (Å²) < 4.78 is 12.1. The number of anilines is 1. The molecule has 5 rings (SSSR count). The fourth-order valence-corrected chi connectivity index (χ4v) is 4.55. The lowest BCUT2D eigenvalue weighted by Gasteiger charge is -2.26. The monoisotopic (exact) mass is 525 g/mol. The minimum Gasteiger partial charge on any atom is -0.492 e. The van der Waals surface area contributed by atoms with Crippen molar-refractivity contribution in [3.63, 3.8) is 0 Å². The summed E-state index contributed by atoms with van der Waals surface area (Å²) in [6, 6.07) is 25.6. The molecule has 0 saturated carbocycles. The number of ether oxygens (including phenoxy) is 2. The number of nitrogens with one attached hydrogen (secondary N) is 2. The van der Waals surface area contributed by atoms with Crippen LogP contribution in [0.1, 0.15) is 15.9 Å². The van der Waals surface area contributed by atoms with E-state index in [1.54, 1.807) is 18.2 Å². The molecule has 0 unspecified atom stereocenters. The van der Waals surface area contributed by atoms with Gasteiger partial charge in [0.15, 0.2) is 0 Å². The third kappa shape index (κ3) is 7.13. The highest BCUT2D eigenvalue weighted by atomic mass is 16.5. The fourth-order valence-electron chi connectivity index (χ4n) is 4.55. The molecule has 1 saturated heterocycles. The van der Waals surface area contributed by atoms with Crippen molar-refractivity contribution >= 4 is 28.3 Å². The average Bonchev–Trinajstić information content (AvgIpc) is 2.95. The van der Waals surface area contributed by atoms with Crippen LogP contribution in [0.4, 0.5) is 5.69 Å². The maximum absolute atomic E-state index is 12.5. The molecule has 0 atom stereocenters. The van der Waals surface area contributed by atoms with Gasteiger partial charge in [-0.25, -0.2) is 4.79 Å². The number of carboxylic acid groups (broad SMARTS) is 1. The molecule has 39 heavy (non-hydrogen) atoms. The molecule has 8 heteroatoms. The second kappa shape index (κ2) is 12.4. The Morgan fingerprint density at radius 2 is 1.54 bits per heavy atom. The predicted octanol–water partition coefficient (Wildman–Crippen LogP) is 4.80. The average molecular weight is 526 g/mol. The van der Waals surface area contributed by atoms with Crippen molar-refractivity contribution < 1.29 is 24.2 Å². The summed E-state index contributed by atoms with van der Waals surface area (Å²) in [6.07, 6.45) is 0.113. The van der Waals surface area contributed by atoms with Gasteiger partial charge in [-0.15, -0.1) is 0 Å². The number of rotatable bonds is 10. The highest BCUT2D eigenvalue weighted by Gasteiger charge is 2.13. The first-order valence-electron chi connectivity index (χ1n) is 13.0. The van der Waals surface area contributed by atoms with E-state index in [-0.39, 0.29) is 23.6 Å². The van der Waals surface area contributed by atoms with E-state index in [1.807, 2.05) is 60.7 Å². The summed E-state index contributed by atoms with van der Waals surface area (Å²) >= 11 is 0. The van der Waals surface area contributed by atoms with Gasteiger partial charge in [-0.3, -0.25) is 9.69 Å². The summed E-state index contributed by atoms with van der Waals surface area (Å²) in [7, 11) is 0. The molecule has 0 spiro atoms. The molecule has 1 fully saturated rings. The van der Waals surface area contributed by atoms with Crippen LogP contribution in [0.25, 0.3) is 10.8 Å². The van der Waals surface area contributed by atoms with Crippen LogP contribution in [-0.4, -0.2) is 61.2 Å². The molecule has 8 nitrogen and oxygen atoms in total. The lowest BCUT2D eigenvalue weighted by Crippen LogP contribution is -2.44. The number of hydrogen-bond donors (Lipinski definition) is 3. The Hall–Kier alpha value is -4.40. The van der Waals surface area contributed by atoms with E-state index in [0.717, 1.165) is 54.8 Å². The van der Waals surface area contributed by atoms with Crippen LogP contribution in [0.2, 0.25) is 0 Å². The van der Waals surface area contributed by atoms with Crippen LogP contribution in [0.15, 0.2) is 84.9 Å². The van der Waals surface area contributed by atoms with E-state index < -0.39 is 5.97 Å². The maximum atomic E-state index is 12.5. The molecular weight excluding hydrogens is 494 g/mol. The van der Waals surface area contributed by atoms with E-state index in [4.69, 9.17) is 9.47 Å². The predicted molar refractivity (Wildman–Crippen MR) is 151 cm³/mol. The molecule has 1 aliphatic heterocycles. The number of hydrogen-bond acceptors (Lipinski definition) is 6. The van der Waals surface area contributed by atoms with Gasteiger partial charge >= 0.3 is 5.97 Å². The van der Waals surface area contributed by atoms with Crippen LogP contribution in [0, 0.1) is 0 Å². The lowest BCUT2D eigenvalue weighted by molar-refractivity contribution is -0.115. The van der Waals surface area contributed by atoms with Gasteiger partial charge in [-0.05, 0) is 64.9 Å². The first-order valence-corrected chi connectivity index (χ1v) is 13.0. The third-order valence-corrected chi connectivity index (χ3v) is 6.62. The number of piperazine rings is 1. The van der Waals surface area contributed by atoms with Gasteiger partial charge in [0.25, 0.3) is 0 Å². The molecule has 3 N–H and O–H groups in total. The normalized spacial score (nSPS) is 13.6. The van der Waals surface area contributed by atoms with Gasteiger partial charge in [-0.1, -0.05) is 36.4 Å². The second-order valence-electron chi connectivity index (χ2n) is 9.43. The molecule has 4 aromatic rings. The highest BCUT2D eigenvalue weighted by molar-refractivity contribution is 6.01. The molecule has 0 aliphatic carbocycles. The Labute approximate surface area is 227 Å². The number of carboxylic acids is 1. The zero-order chi connectivity index (χ0) is 27.0. The van der Waals surface area contributed by atoms with Crippen molar-refractivity contribution in [3.8, 4) is 17.2 Å². The SMILES string of the molecule is O=C(Cc1ccc(Oc2ccc3ccc(OCCN4CCNCC4)cc3c2)cc1)Nc1ccccc1C(=O)O. The Bertz CT molecular complexity index is 1450. The minimum atomic E-state index is -1.09. The number of carbonyl (C=O) groups is 2. The summed E-state index contributed by atoms with van der Waals surface area (Å²) in [4.78, 5) is 26.2. The van der Waals surface area contributed by atoms with Gasteiger partial charge in [0.2, 0.25) is 5.91 Å². The van der Waals surface area contributed by atoms with E-state index in [9.17, 15) is 14.7 Å². The van der Waals surface area contributed by atoms with Gasteiger partial charge in [-0.2, -0.15) is 0 Å². The van der Waals surface area contributed by atoms with Crippen molar-refractivity contribution in [2.45, 2.75) is 6.42 Å². The zero-order valence-corrected chi connectivity index (χ0v) is 21.6. The smallest absolute Gasteiger partial charge is 0.337 e. The largest absolute Gasteiger partial charge is 0.492 e. The zero-order valence-electron chi connectivity index (χ0n) is 21.6. The molecule has 200 valence electrons. The summed E-state index contributed by atoms with van der Waals surface area (Å²) in [5.41, 5.74) is 1.12. The van der Waals surface area contributed by atoms with E-state index >= 15 is 0 Å². The molecule has 1 heterocycles. The third-order valence-electron chi connectivity index (χ3n) is 6.62. The van der Waals surface area contributed by atoms with Crippen LogP contribution in [0.5, 0.6) is 17.2 Å². The van der Waals surface area contributed by atoms with Gasteiger partial charge < -0.3 is 25.2 Å². The summed E-state index contributed by atoms with van der Waals surface area (Å²) in [5.74, 6) is 0.811. The van der Waals surface area contributed by atoms with Gasteiger partial charge in [0.05, 0.1) is 17.7 Å². The number of nitrogens with zero attached hydrogens (tertiary/aromatic N) is 1. The number of amides is 1. The highest BCUT2D eigenvalue weighted by Crippen LogP contribution is 2.28. The van der Waals surface area contributed by atoms with Crippen LogP contribution in [-0.2, 0) is 11.2 Å². The van der Waals surface area contributed by atoms with E-state index in [1.165, 1.54) is 6.07 Å². The topological polar surface area (TPSA) is 100 Å². The van der Waals surface area contributed by atoms with E-state index in [0.29, 0.717) is 18.1 Å². The Kier molecular flexibility index (Phi) is 8.36. The van der Waals surface area contributed by atoms with Crippen LogP contribution < -0.4 is 20.1 Å². The Morgan fingerprint density at radius 3 is 2.31 bits per heavy atom. The quantitative estimate of drug-likeness (QED) is 0.274. The number of para-hydroxylation sites is 1. The van der Waals surface area contributed by atoms with Crippen molar-refractivity contribution in [1.29, 1.82) is 0 Å².